The molecule has 0 saturated heterocycles. The van der Waals surface area contributed by atoms with Crippen LogP contribution >= 0.6 is 0 Å². The van der Waals surface area contributed by atoms with E-state index in [2.05, 4.69) is 14.7 Å². The molecule has 1 aromatic rings. The molecule has 21 heavy (non-hydrogen) atoms. The van der Waals surface area contributed by atoms with Crippen molar-refractivity contribution in [2.45, 2.75) is 49.6 Å². The molecule has 120 valence electrons. The molecule has 0 atom stereocenters. The van der Waals surface area contributed by atoms with E-state index < -0.39 is 10.0 Å². The summed E-state index contributed by atoms with van der Waals surface area (Å²) in [5.41, 5.74) is 5.67. The number of sulfonamides is 1. The zero-order chi connectivity index (χ0) is 15.7. The fraction of sp³-hybridized carbons (Fsp3) is 0.769. The summed E-state index contributed by atoms with van der Waals surface area (Å²) in [6.07, 6.45) is 5.53. The van der Waals surface area contributed by atoms with Crippen molar-refractivity contribution in [2.75, 3.05) is 26.4 Å². The first-order chi connectivity index (χ1) is 9.81. The van der Waals surface area contributed by atoms with Gasteiger partial charge in [-0.1, -0.05) is 6.92 Å². The lowest BCUT2D eigenvalue weighted by atomic mass is 9.76. The number of nitrogens with two attached hydrogens (primary N) is 1. The Kier molecular flexibility index (Phi) is 4.60. The lowest BCUT2D eigenvalue weighted by Crippen LogP contribution is -2.57. The van der Waals surface area contributed by atoms with Gasteiger partial charge in [0.25, 0.3) is 0 Å². The first-order valence-corrected chi connectivity index (χ1v) is 8.79. The van der Waals surface area contributed by atoms with Crippen molar-refractivity contribution in [2.24, 2.45) is 0 Å². The largest absolute Gasteiger partial charge is 0.381 e. The van der Waals surface area contributed by atoms with Gasteiger partial charge in [-0.2, -0.15) is 5.10 Å². The highest BCUT2D eigenvalue weighted by Gasteiger charge is 2.40. The van der Waals surface area contributed by atoms with E-state index in [-0.39, 0.29) is 16.3 Å². The molecule has 1 fully saturated rings. The molecule has 1 heterocycles. The van der Waals surface area contributed by atoms with Crippen LogP contribution in [0.3, 0.4) is 0 Å². The fourth-order valence-corrected chi connectivity index (χ4v) is 3.83. The van der Waals surface area contributed by atoms with Crippen LogP contribution in [0.5, 0.6) is 0 Å². The minimum atomic E-state index is -3.62. The monoisotopic (exact) mass is 315 g/mol. The zero-order valence-corrected chi connectivity index (χ0v) is 13.8. The van der Waals surface area contributed by atoms with Gasteiger partial charge in [0.05, 0.1) is 0 Å². The number of aryl methyl sites for hydroxylation is 1. The Balaban J connectivity index is 2.11. The van der Waals surface area contributed by atoms with Gasteiger partial charge in [-0.3, -0.25) is 4.68 Å². The SMILES string of the molecule is CCCn1cc(S(=O)(=O)NCC2(N(C)C)CCC2)c(N)n1. The summed E-state index contributed by atoms with van der Waals surface area (Å²) >= 11 is 0. The van der Waals surface area contributed by atoms with E-state index in [0.717, 1.165) is 25.7 Å². The number of nitrogen functional groups attached to an aromatic ring is 1. The average Bonchev–Trinajstić information content (AvgIpc) is 2.69. The second-order valence-electron chi connectivity index (χ2n) is 5.94. The highest BCUT2D eigenvalue weighted by molar-refractivity contribution is 7.89. The number of aromatic nitrogens is 2. The van der Waals surface area contributed by atoms with Gasteiger partial charge in [0.2, 0.25) is 10.0 Å². The van der Waals surface area contributed by atoms with Crippen LogP contribution in [-0.4, -0.2) is 49.3 Å². The Morgan fingerprint density at radius 1 is 1.48 bits per heavy atom. The van der Waals surface area contributed by atoms with E-state index in [1.54, 1.807) is 4.68 Å². The van der Waals surface area contributed by atoms with Gasteiger partial charge in [0, 0.05) is 24.8 Å². The summed E-state index contributed by atoms with van der Waals surface area (Å²) in [4.78, 5) is 2.17. The highest BCUT2D eigenvalue weighted by Crippen LogP contribution is 2.35. The Morgan fingerprint density at radius 3 is 2.62 bits per heavy atom. The van der Waals surface area contributed by atoms with Gasteiger partial charge in [-0.05, 0) is 39.8 Å². The predicted octanol–water partition coefficient (Wildman–Crippen LogP) is 0.638. The maximum absolute atomic E-state index is 12.4. The third-order valence-corrected chi connectivity index (χ3v) is 5.74. The minimum Gasteiger partial charge on any atom is -0.381 e. The molecule has 0 unspecified atom stereocenters. The van der Waals surface area contributed by atoms with Gasteiger partial charge in [-0.15, -0.1) is 0 Å². The summed E-state index contributed by atoms with van der Waals surface area (Å²) in [6.45, 7) is 3.06. The number of anilines is 1. The minimum absolute atomic E-state index is 0.0588. The molecule has 8 heteroatoms. The Hall–Kier alpha value is -1.12. The number of hydrogen-bond donors (Lipinski definition) is 2. The van der Waals surface area contributed by atoms with Crippen LogP contribution in [0, 0.1) is 0 Å². The van der Waals surface area contributed by atoms with Crippen molar-refractivity contribution < 1.29 is 8.42 Å². The summed E-state index contributed by atoms with van der Waals surface area (Å²) in [6, 6.07) is 0. The molecule has 1 aliphatic rings. The number of nitrogens with one attached hydrogen (secondary N) is 1. The predicted molar refractivity (Wildman–Crippen MR) is 82.4 cm³/mol. The molecule has 0 bridgehead atoms. The number of likely N-dealkylation sites (N-methyl/N-ethyl adjacent to an activating group) is 1. The van der Waals surface area contributed by atoms with Crippen molar-refractivity contribution in [3.63, 3.8) is 0 Å². The Morgan fingerprint density at radius 2 is 2.14 bits per heavy atom. The molecule has 0 spiro atoms. The van der Waals surface area contributed by atoms with E-state index in [4.69, 9.17) is 5.73 Å². The van der Waals surface area contributed by atoms with Crippen LogP contribution in [0.2, 0.25) is 0 Å². The van der Waals surface area contributed by atoms with Crippen molar-refractivity contribution in [3.8, 4) is 0 Å². The molecule has 0 aromatic carbocycles. The Bertz CT molecular complexity index is 590. The summed E-state index contributed by atoms with van der Waals surface area (Å²) < 4.78 is 29.1. The molecular weight excluding hydrogens is 290 g/mol. The van der Waals surface area contributed by atoms with E-state index in [9.17, 15) is 8.42 Å². The van der Waals surface area contributed by atoms with Gasteiger partial charge in [-0.25, -0.2) is 13.1 Å². The van der Waals surface area contributed by atoms with Gasteiger partial charge >= 0.3 is 0 Å². The third kappa shape index (κ3) is 3.22. The molecule has 2 rings (SSSR count). The highest BCUT2D eigenvalue weighted by atomic mass is 32.2. The maximum Gasteiger partial charge on any atom is 0.245 e. The normalized spacial score (nSPS) is 17.9. The summed E-state index contributed by atoms with van der Waals surface area (Å²) in [5, 5.41) is 4.05. The third-order valence-electron chi connectivity index (χ3n) is 4.32. The van der Waals surface area contributed by atoms with Crippen LogP contribution < -0.4 is 10.5 Å². The van der Waals surface area contributed by atoms with Gasteiger partial charge < -0.3 is 10.6 Å². The fourth-order valence-electron chi connectivity index (χ4n) is 2.64. The smallest absolute Gasteiger partial charge is 0.245 e. The molecule has 1 saturated carbocycles. The summed E-state index contributed by atoms with van der Waals surface area (Å²) in [7, 11) is 0.358. The molecule has 3 N–H and O–H groups in total. The molecule has 1 aliphatic carbocycles. The lowest BCUT2D eigenvalue weighted by molar-refractivity contribution is 0.0657. The van der Waals surface area contributed by atoms with E-state index in [0.29, 0.717) is 13.1 Å². The van der Waals surface area contributed by atoms with Gasteiger partial charge in [0.15, 0.2) is 5.82 Å². The summed E-state index contributed by atoms with van der Waals surface area (Å²) in [5.74, 6) is 0.0588. The zero-order valence-electron chi connectivity index (χ0n) is 13.0. The molecular formula is C13H25N5O2S. The van der Waals surface area contributed by atoms with Crippen LogP contribution in [0.1, 0.15) is 32.6 Å². The Labute approximate surface area is 126 Å². The second-order valence-corrected chi connectivity index (χ2v) is 7.67. The van der Waals surface area contributed by atoms with Crippen molar-refractivity contribution in [1.29, 1.82) is 0 Å². The van der Waals surface area contributed by atoms with Crippen LogP contribution in [0.4, 0.5) is 5.82 Å². The van der Waals surface area contributed by atoms with Gasteiger partial charge in [0.1, 0.15) is 4.90 Å². The van der Waals surface area contributed by atoms with Crippen molar-refractivity contribution in [3.05, 3.63) is 6.20 Å². The molecule has 0 radical (unpaired) electrons. The molecule has 1 aromatic heterocycles. The van der Waals surface area contributed by atoms with E-state index in [1.165, 1.54) is 6.20 Å². The van der Waals surface area contributed by atoms with Crippen LogP contribution in [0.25, 0.3) is 0 Å². The number of hydrogen-bond acceptors (Lipinski definition) is 5. The number of rotatable bonds is 7. The average molecular weight is 315 g/mol. The quantitative estimate of drug-likeness (QED) is 0.770. The second kappa shape index (κ2) is 5.94. The lowest BCUT2D eigenvalue weighted by Gasteiger charge is -2.47. The van der Waals surface area contributed by atoms with Crippen molar-refractivity contribution >= 4 is 15.8 Å². The van der Waals surface area contributed by atoms with E-state index >= 15 is 0 Å². The van der Waals surface area contributed by atoms with Crippen LogP contribution in [0.15, 0.2) is 11.1 Å². The molecule has 7 nitrogen and oxygen atoms in total. The number of nitrogens with zero attached hydrogens (tertiary/aromatic N) is 3. The first-order valence-electron chi connectivity index (χ1n) is 7.31. The maximum atomic E-state index is 12.4. The topological polar surface area (TPSA) is 93.2 Å². The van der Waals surface area contributed by atoms with Crippen molar-refractivity contribution in [1.82, 2.24) is 19.4 Å². The first kappa shape index (κ1) is 16.3. The van der Waals surface area contributed by atoms with E-state index in [1.807, 2.05) is 21.0 Å². The molecule has 0 aliphatic heterocycles. The van der Waals surface area contributed by atoms with Crippen LogP contribution in [-0.2, 0) is 16.6 Å². The standard InChI is InChI=1S/C13H25N5O2S/c1-4-8-18-9-11(12(14)16-18)21(19,20)15-10-13(17(2)3)6-5-7-13/h9,15H,4-8,10H2,1-3H3,(H2,14,16). The molecule has 0 amide bonds.